The van der Waals surface area contributed by atoms with E-state index in [0.717, 1.165) is 16.2 Å². The molecule has 4 heteroatoms. The molecule has 0 spiro atoms. The third-order valence-electron chi connectivity index (χ3n) is 5.16. The van der Waals surface area contributed by atoms with Crippen molar-refractivity contribution in [2.75, 3.05) is 0 Å². The molecule has 5 rings (SSSR count). The van der Waals surface area contributed by atoms with Crippen LogP contribution in [0.1, 0.15) is 0 Å². The van der Waals surface area contributed by atoms with Crippen LogP contribution in [0.25, 0.3) is 11.0 Å². The molecule has 0 fully saturated rings. The maximum absolute atomic E-state index is 4.93. The Morgan fingerprint density at radius 1 is 0.552 bits per heavy atom. The third kappa shape index (κ3) is 3.49. The summed E-state index contributed by atoms with van der Waals surface area (Å²) < 4.78 is 4.30. The first-order chi connectivity index (χ1) is 14.4. The van der Waals surface area contributed by atoms with Crippen molar-refractivity contribution in [1.82, 2.24) is 9.97 Å². The van der Waals surface area contributed by atoms with Gasteiger partial charge in [0.05, 0.1) is 0 Å². The molecule has 0 aliphatic heterocycles. The predicted molar refractivity (Wildman–Crippen MR) is 126 cm³/mol. The molecule has 0 radical (unpaired) electrons. The van der Waals surface area contributed by atoms with Gasteiger partial charge in [-0.05, 0) is 0 Å². The van der Waals surface area contributed by atoms with Gasteiger partial charge in [0, 0.05) is 0 Å². The van der Waals surface area contributed by atoms with Gasteiger partial charge in [-0.15, -0.1) is 0 Å². The van der Waals surface area contributed by atoms with Crippen LogP contribution in [0.15, 0.2) is 120 Å². The minimum absolute atomic E-state index is 0.999. The predicted octanol–water partition coefficient (Wildman–Crippen LogP) is 4.32. The van der Waals surface area contributed by atoms with Crippen LogP contribution in [0.5, 0.6) is 0 Å². The Labute approximate surface area is 177 Å². The zero-order chi connectivity index (χ0) is 19.5. The Bertz CT molecular complexity index is 1090. The van der Waals surface area contributed by atoms with Crippen LogP contribution < -0.4 is 10.7 Å². The van der Waals surface area contributed by atoms with Gasteiger partial charge < -0.3 is 0 Å². The molecule has 1 heterocycles. The first kappa shape index (κ1) is 18.5. The van der Waals surface area contributed by atoms with Crippen molar-refractivity contribution < 1.29 is 0 Å². The van der Waals surface area contributed by atoms with E-state index in [1.54, 1.807) is 0 Å². The van der Waals surface area contributed by atoms with Crippen molar-refractivity contribution in [3.63, 3.8) is 0 Å². The molecule has 0 atom stereocenters. The van der Waals surface area contributed by atoms with Crippen molar-refractivity contribution in [2.24, 2.45) is 0 Å². The fourth-order valence-corrected chi connectivity index (χ4v) is 22.4. The van der Waals surface area contributed by atoms with Gasteiger partial charge in [-0.2, -0.15) is 0 Å². The Balaban J connectivity index is 1.77. The van der Waals surface area contributed by atoms with Gasteiger partial charge in [0.2, 0.25) is 0 Å². The molecule has 29 heavy (non-hydrogen) atoms. The molecule has 1 N–H and O–H groups in total. The number of nitrogens with zero attached hydrogens (tertiary/aromatic N) is 1. The summed E-state index contributed by atoms with van der Waals surface area (Å²) in [4.78, 5) is 8.50. The molecule has 0 saturated heterocycles. The number of nitrogens with one attached hydrogen (secondary N) is 1. The van der Waals surface area contributed by atoms with E-state index >= 15 is 0 Å². The van der Waals surface area contributed by atoms with Crippen molar-refractivity contribution in [3.8, 4) is 0 Å². The van der Waals surface area contributed by atoms with Gasteiger partial charge in [-0.25, -0.2) is 0 Å². The minimum atomic E-state index is -3.42. The fourth-order valence-electron chi connectivity index (χ4n) is 3.82. The summed E-state index contributed by atoms with van der Waals surface area (Å²) in [7, 11) is 1.96. The van der Waals surface area contributed by atoms with Crippen molar-refractivity contribution in [2.45, 2.75) is 5.16 Å². The summed E-state index contributed by atoms with van der Waals surface area (Å²) in [6.07, 6.45) is 0. The summed E-state index contributed by atoms with van der Waals surface area (Å²) in [5, 5.41) is 0.999. The summed E-state index contributed by atoms with van der Waals surface area (Å²) in [5.74, 6) is 0. The van der Waals surface area contributed by atoms with Crippen molar-refractivity contribution in [1.29, 1.82) is 0 Å². The SMILES string of the molecule is c1cc[c]([Sn]([S]c2nc3ccccc3[nH]2)([c]2ccccc2)[c]2ccccc2)cc1. The van der Waals surface area contributed by atoms with E-state index in [2.05, 4.69) is 114 Å². The van der Waals surface area contributed by atoms with Crippen LogP contribution >= 0.6 is 8.95 Å². The van der Waals surface area contributed by atoms with E-state index in [9.17, 15) is 0 Å². The number of hydrogen-bond donors (Lipinski definition) is 1. The van der Waals surface area contributed by atoms with Gasteiger partial charge in [-0.1, -0.05) is 0 Å². The quantitative estimate of drug-likeness (QED) is 0.365. The van der Waals surface area contributed by atoms with Gasteiger partial charge in [0.1, 0.15) is 0 Å². The monoisotopic (exact) mass is 500 g/mol. The summed E-state index contributed by atoms with van der Waals surface area (Å²) in [6, 6.07) is 41.3. The second-order valence-electron chi connectivity index (χ2n) is 6.94. The maximum atomic E-state index is 4.93. The number of imidazole rings is 1. The van der Waals surface area contributed by atoms with E-state index in [4.69, 9.17) is 4.98 Å². The van der Waals surface area contributed by atoms with E-state index in [1.165, 1.54) is 10.7 Å². The molecule has 4 aromatic carbocycles. The number of aromatic nitrogens is 2. The number of fused-ring (bicyclic) bond motifs is 1. The van der Waals surface area contributed by atoms with Gasteiger partial charge in [-0.3, -0.25) is 0 Å². The van der Waals surface area contributed by atoms with E-state index < -0.39 is 17.0 Å². The first-order valence-electron chi connectivity index (χ1n) is 9.66. The van der Waals surface area contributed by atoms with Crippen LogP contribution in [-0.2, 0) is 0 Å². The van der Waals surface area contributed by atoms with E-state index in [0.29, 0.717) is 0 Å². The topological polar surface area (TPSA) is 28.7 Å². The zero-order valence-corrected chi connectivity index (χ0v) is 19.5. The van der Waals surface area contributed by atoms with Crippen LogP contribution in [0.3, 0.4) is 0 Å². The number of hydrogen-bond acceptors (Lipinski definition) is 2. The molecular weight excluding hydrogens is 479 g/mol. The first-order valence-corrected chi connectivity index (χ1v) is 18.3. The molecule has 0 saturated carbocycles. The molecule has 5 aromatic rings. The van der Waals surface area contributed by atoms with E-state index in [1.807, 2.05) is 15.0 Å². The summed E-state index contributed by atoms with van der Waals surface area (Å²) >= 11 is -3.42. The molecule has 0 amide bonds. The molecule has 0 aliphatic rings. The standard InChI is InChI=1S/C7H6N2S.3C6H5.Sn/c10-7-8-5-3-1-2-4-6(5)9-7;3*1-2-4-6-5-3-1;/h1-4H,(H2,8,9,10);3*1-5H;/q;;;;+1/p-1. The third-order valence-corrected chi connectivity index (χ3v) is 24.7. The van der Waals surface area contributed by atoms with Crippen molar-refractivity contribution >= 4 is 47.7 Å². The number of aromatic amines is 1. The zero-order valence-electron chi connectivity index (χ0n) is 15.8. The molecule has 2 nitrogen and oxygen atoms in total. The molecular formula is C25H20N2SSn. The van der Waals surface area contributed by atoms with Crippen LogP contribution in [-0.4, -0.2) is 27.0 Å². The van der Waals surface area contributed by atoms with Crippen LogP contribution in [0.2, 0.25) is 0 Å². The van der Waals surface area contributed by atoms with Crippen LogP contribution in [0.4, 0.5) is 0 Å². The Hall–Kier alpha value is -2.50. The second kappa shape index (κ2) is 8.09. The van der Waals surface area contributed by atoms with Gasteiger partial charge in [0.15, 0.2) is 0 Å². The normalized spacial score (nSPS) is 11.6. The van der Waals surface area contributed by atoms with Gasteiger partial charge in [0.25, 0.3) is 0 Å². The van der Waals surface area contributed by atoms with E-state index in [-0.39, 0.29) is 0 Å². The number of H-pyrrole nitrogens is 1. The Morgan fingerprint density at radius 3 is 1.48 bits per heavy atom. The Morgan fingerprint density at radius 2 is 1.00 bits per heavy atom. The van der Waals surface area contributed by atoms with Crippen molar-refractivity contribution in [3.05, 3.63) is 115 Å². The molecule has 0 bridgehead atoms. The average Bonchev–Trinajstić information content (AvgIpc) is 3.22. The number of benzene rings is 4. The number of rotatable bonds is 5. The fraction of sp³-hybridized carbons (Fsp3) is 0. The molecule has 0 unspecified atom stereocenters. The second-order valence-corrected chi connectivity index (χ2v) is 22.2. The van der Waals surface area contributed by atoms with Crippen LogP contribution in [0, 0.1) is 0 Å². The van der Waals surface area contributed by atoms with Gasteiger partial charge >= 0.3 is 178 Å². The molecule has 1 aromatic heterocycles. The number of para-hydroxylation sites is 2. The summed E-state index contributed by atoms with van der Waals surface area (Å²) in [5.41, 5.74) is 2.11. The Kier molecular flexibility index (Phi) is 5.17. The molecule has 0 aliphatic carbocycles. The molecule has 140 valence electrons. The average molecular weight is 499 g/mol. The summed E-state index contributed by atoms with van der Waals surface area (Å²) in [6.45, 7) is 0.